The average Bonchev–Trinajstić information content (AvgIpc) is 2.15. The van der Waals surface area contributed by atoms with E-state index in [1.165, 1.54) is 18.2 Å². The van der Waals surface area contributed by atoms with Crippen molar-refractivity contribution in [1.29, 1.82) is 0 Å². The van der Waals surface area contributed by atoms with Crippen LogP contribution in [0, 0.1) is 0 Å². The van der Waals surface area contributed by atoms with Crippen molar-refractivity contribution < 1.29 is 15.3 Å². The van der Waals surface area contributed by atoms with Crippen LogP contribution in [-0.2, 0) is 0 Å². The number of phenolic OH excluding ortho intramolecular Hbond substituents is 2. The maximum Gasteiger partial charge on any atom is 0.119 e. The molecule has 0 saturated carbocycles. The van der Waals surface area contributed by atoms with Crippen LogP contribution in [0.25, 0.3) is 0 Å². The van der Waals surface area contributed by atoms with Crippen molar-refractivity contribution in [2.45, 2.75) is 31.9 Å². The van der Waals surface area contributed by atoms with Gasteiger partial charge in [0.1, 0.15) is 11.5 Å². The third-order valence-electron chi connectivity index (χ3n) is 2.31. The Morgan fingerprint density at radius 2 is 1.73 bits per heavy atom. The van der Waals surface area contributed by atoms with Crippen molar-refractivity contribution in [3.8, 4) is 11.5 Å². The summed E-state index contributed by atoms with van der Waals surface area (Å²) in [4.78, 5) is 0. The number of rotatable bonds is 4. The molecule has 0 spiro atoms. The van der Waals surface area contributed by atoms with Gasteiger partial charge in [-0.25, -0.2) is 0 Å². The summed E-state index contributed by atoms with van der Waals surface area (Å²) in [5, 5.41) is 28.2. The smallest absolute Gasteiger partial charge is 0.119 e. The van der Waals surface area contributed by atoms with Crippen LogP contribution in [0.4, 0.5) is 0 Å². The van der Waals surface area contributed by atoms with Gasteiger partial charge in [-0.3, -0.25) is 0 Å². The Balaban J connectivity index is 2.85. The first kappa shape index (κ1) is 11.8. The molecule has 0 fully saturated rings. The van der Waals surface area contributed by atoms with E-state index in [1.54, 1.807) is 0 Å². The maximum atomic E-state index is 9.66. The summed E-state index contributed by atoms with van der Waals surface area (Å²) in [6.07, 6.45) is 0.772. The molecule has 0 bridgehead atoms. The molecule has 5 N–H and O–H groups in total. The van der Waals surface area contributed by atoms with Gasteiger partial charge in [0.2, 0.25) is 0 Å². The number of aliphatic hydroxyl groups is 1. The summed E-state index contributed by atoms with van der Waals surface area (Å²) in [7, 11) is 0. The Labute approximate surface area is 89.0 Å². The predicted molar refractivity (Wildman–Crippen MR) is 57.6 cm³/mol. The van der Waals surface area contributed by atoms with Crippen molar-refractivity contribution in [3.05, 3.63) is 23.8 Å². The zero-order chi connectivity index (χ0) is 11.4. The number of aromatic hydroxyl groups is 2. The van der Waals surface area contributed by atoms with E-state index in [2.05, 4.69) is 0 Å². The van der Waals surface area contributed by atoms with E-state index in [9.17, 15) is 15.3 Å². The van der Waals surface area contributed by atoms with E-state index in [-0.39, 0.29) is 11.5 Å². The van der Waals surface area contributed by atoms with Gasteiger partial charge in [-0.15, -0.1) is 0 Å². The molecule has 84 valence electrons. The molecule has 0 saturated heterocycles. The van der Waals surface area contributed by atoms with Crippen molar-refractivity contribution in [2.75, 3.05) is 0 Å². The lowest BCUT2D eigenvalue weighted by Crippen LogP contribution is -2.25. The lowest BCUT2D eigenvalue weighted by atomic mass is 9.99. The lowest BCUT2D eigenvalue weighted by molar-refractivity contribution is 0.134. The first-order valence-electron chi connectivity index (χ1n) is 5.01. The van der Waals surface area contributed by atoms with Gasteiger partial charge >= 0.3 is 0 Å². The molecule has 0 radical (unpaired) electrons. The largest absolute Gasteiger partial charge is 0.508 e. The molecule has 0 aliphatic rings. The third kappa shape index (κ3) is 3.11. The summed E-state index contributed by atoms with van der Waals surface area (Å²) in [6.45, 7) is 1.95. The highest BCUT2D eigenvalue weighted by atomic mass is 16.3. The van der Waals surface area contributed by atoms with Crippen molar-refractivity contribution >= 4 is 0 Å². The fourth-order valence-electron chi connectivity index (χ4n) is 1.51. The number of hydrogen-bond acceptors (Lipinski definition) is 4. The van der Waals surface area contributed by atoms with Crippen molar-refractivity contribution in [3.63, 3.8) is 0 Å². The summed E-state index contributed by atoms with van der Waals surface area (Å²) in [6, 6.07) is 3.54. The summed E-state index contributed by atoms with van der Waals surface area (Å²) >= 11 is 0. The summed E-state index contributed by atoms with van der Waals surface area (Å²) < 4.78 is 0. The van der Waals surface area contributed by atoms with E-state index in [4.69, 9.17) is 5.73 Å². The van der Waals surface area contributed by atoms with Gasteiger partial charge in [0.15, 0.2) is 0 Å². The topological polar surface area (TPSA) is 86.7 Å². The minimum atomic E-state index is -0.656. The highest BCUT2D eigenvalue weighted by Crippen LogP contribution is 2.26. The fraction of sp³-hybridized carbons (Fsp3) is 0.455. The standard InChI is InChI=1S/C11H17NO3/c1-2-3-10(15)11(12)7-4-8(13)6-9(14)5-7/h4-6,10-11,13-15H,2-3,12H2,1H3/t10-,11+/m1/s1. The highest BCUT2D eigenvalue weighted by molar-refractivity contribution is 5.38. The molecule has 1 rings (SSSR count). The maximum absolute atomic E-state index is 9.66. The summed E-state index contributed by atoms with van der Waals surface area (Å²) in [5.74, 6) is -0.103. The second-order valence-electron chi connectivity index (χ2n) is 3.66. The molecule has 1 aromatic carbocycles. The highest BCUT2D eigenvalue weighted by Gasteiger charge is 2.16. The quantitative estimate of drug-likeness (QED) is 0.604. The minimum Gasteiger partial charge on any atom is -0.508 e. The van der Waals surface area contributed by atoms with E-state index in [0.717, 1.165) is 6.42 Å². The van der Waals surface area contributed by atoms with E-state index in [1.807, 2.05) is 6.92 Å². The number of phenols is 2. The third-order valence-corrected chi connectivity index (χ3v) is 2.31. The SMILES string of the molecule is CCC[C@@H](O)[C@@H](N)c1cc(O)cc(O)c1. The lowest BCUT2D eigenvalue weighted by Gasteiger charge is -2.18. The second-order valence-corrected chi connectivity index (χ2v) is 3.66. The molecule has 4 nitrogen and oxygen atoms in total. The van der Waals surface area contributed by atoms with Crippen molar-refractivity contribution in [1.82, 2.24) is 0 Å². The van der Waals surface area contributed by atoms with Crippen LogP contribution >= 0.6 is 0 Å². The Morgan fingerprint density at radius 3 is 2.20 bits per heavy atom. The number of benzene rings is 1. The first-order chi connectivity index (χ1) is 7.04. The monoisotopic (exact) mass is 211 g/mol. The Bertz CT molecular complexity index is 307. The van der Waals surface area contributed by atoms with Crippen LogP contribution in [0.2, 0.25) is 0 Å². The van der Waals surface area contributed by atoms with Crippen LogP contribution in [0.1, 0.15) is 31.4 Å². The molecule has 15 heavy (non-hydrogen) atoms. The number of hydrogen-bond donors (Lipinski definition) is 4. The van der Waals surface area contributed by atoms with Gasteiger partial charge < -0.3 is 21.1 Å². The zero-order valence-corrected chi connectivity index (χ0v) is 8.72. The predicted octanol–water partition coefficient (Wildman–Crippen LogP) is 1.26. The van der Waals surface area contributed by atoms with Gasteiger partial charge in [-0.05, 0) is 24.1 Å². The zero-order valence-electron chi connectivity index (χ0n) is 8.72. The van der Waals surface area contributed by atoms with Crippen LogP contribution in [-0.4, -0.2) is 21.4 Å². The molecule has 0 aliphatic heterocycles. The molecule has 0 aliphatic carbocycles. The summed E-state index contributed by atoms with van der Waals surface area (Å²) in [5.41, 5.74) is 6.33. The van der Waals surface area contributed by atoms with Gasteiger partial charge in [0.25, 0.3) is 0 Å². The molecule has 1 aromatic rings. The molecule has 2 atom stereocenters. The Morgan fingerprint density at radius 1 is 1.20 bits per heavy atom. The van der Waals surface area contributed by atoms with Gasteiger partial charge in [0.05, 0.1) is 12.1 Å². The number of aliphatic hydroxyl groups excluding tert-OH is 1. The van der Waals surface area contributed by atoms with Crippen LogP contribution in [0.5, 0.6) is 11.5 Å². The van der Waals surface area contributed by atoms with Crippen LogP contribution < -0.4 is 5.73 Å². The number of nitrogens with two attached hydrogens (primary N) is 1. The first-order valence-corrected chi connectivity index (χ1v) is 5.01. The van der Waals surface area contributed by atoms with Gasteiger partial charge in [0, 0.05) is 6.07 Å². The molecular formula is C11H17NO3. The molecular weight excluding hydrogens is 194 g/mol. The molecule has 0 aromatic heterocycles. The van der Waals surface area contributed by atoms with Gasteiger partial charge in [-0.2, -0.15) is 0 Å². The average molecular weight is 211 g/mol. The van der Waals surface area contributed by atoms with E-state index >= 15 is 0 Å². The Kier molecular flexibility index (Phi) is 3.94. The van der Waals surface area contributed by atoms with E-state index in [0.29, 0.717) is 12.0 Å². The molecule has 0 heterocycles. The van der Waals surface area contributed by atoms with Crippen LogP contribution in [0.3, 0.4) is 0 Å². The normalized spacial score (nSPS) is 14.9. The molecule has 0 amide bonds. The molecule has 0 unspecified atom stereocenters. The molecule has 4 heteroatoms. The Hall–Kier alpha value is -1.26. The van der Waals surface area contributed by atoms with E-state index < -0.39 is 12.1 Å². The minimum absolute atomic E-state index is 0.0517. The fourth-order valence-corrected chi connectivity index (χ4v) is 1.51. The van der Waals surface area contributed by atoms with Crippen LogP contribution in [0.15, 0.2) is 18.2 Å². The second kappa shape index (κ2) is 5.00. The van der Waals surface area contributed by atoms with Gasteiger partial charge in [-0.1, -0.05) is 13.3 Å². The van der Waals surface area contributed by atoms with Crippen molar-refractivity contribution in [2.24, 2.45) is 5.73 Å².